The SMILES string of the molecule is Cc1cc(-c2cc(F)ccc2F)nc(C#N)n1. The van der Waals surface area contributed by atoms with E-state index < -0.39 is 11.6 Å². The normalized spacial score (nSPS) is 10.0. The highest BCUT2D eigenvalue weighted by atomic mass is 19.1. The fourth-order valence-electron chi connectivity index (χ4n) is 1.45. The Bertz CT molecular complexity index is 618. The first-order chi connectivity index (χ1) is 8.10. The van der Waals surface area contributed by atoms with Gasteiger partial charge in [-0.1, -0.05) is 0 Å². The molecule has 84 valence electrons. The van der Waals surface area contributed by atoms with E-state index in [9.17, 15) is 8.78 Å². The molecule has 2 aromatic rings. The molecule has 3 nitrogen and oxygen atoms in total. The van der Waals surface area contributed by atoms with Crippen LogP contribution in [0.2, 0.25) is 0 Å². The molecule has 0 fully saturated rings. The summed E-state index contributed by atoms with van der Waals surface area (Å²) in [5, 5.41) is 8.71. The molecule has 17 heavy (non-hydrogen) atoms. The lowest BCUT2D eigenvalue weighted by molar-refractivity contribution is 0.602. The second kappa shape index (κ2) is 4.26. The maximum Gasteiger partial charge on any atom is 0.232 e. The molecule has 0 radical (unpaired) electrons. The average molecular weight is 231 g/mol. The summed E-state index contributed by atoms with van der Waals surface area (Å²) in [6.07, 6.45) is 0. The Morgan fingerprint density at radius 3 is 2.65 bits per heavy atom. The maximum atomic E-state index is 13.5. The largest absolute Gasteiger partial charge is 0.232 e. The molecule has 0 spiro atoms. The van der Waals surface area contributed by atoms with Gasteiger partial charge in [-0.25, -0.2) is 18.7 Å². The van der Waals surface area contributed by atoms with Gasteiger partial charge in [0.25, 0.3) is 0 Å². The average Bonchev–Trinajstić information content (AvgIpc) is 2.31. The summed E-state index contributed by atoms with van der Waals surface area (Å²) >= 11 is 0. The number of rotatable bonds is 1. The zero-order chi connectivity index (χ0) is 12.4. The van der Waals surface area contributed by atoms with Crippen LogP contribution in [-0.2, 0) is 0 Å². The van der Waals surface area contributed by atoms with Crippen molar-refractivity contribution in [2.45, 2.75) is 6.92 Å². The number of hydrogen-bond donors (Lipinski definition) is 0. The molecule has 0 aliphatic carbocycles. The van der Waals surface area contributed by atoms with Gasteiger partial charge >= 0.3 is 0 Å². The summed E-state index contributed by atoms with van der Waals surface area (Å²) in [6.45, 7) is 1.66. The number of halogens is 2. The molecule has 0 aliphatic rings. The molecule has 0 atom stereocenters. The van der Waals surface area contributed by atoms with Crippen molar-refractivity contribution in [1.29, 1.82) is 5.26 Å². The Morgan fingerprint density at radius 2 is 1.94 bits per heavy atom. The molecule has 1 heterocycles. The van der Waals surface area contributed by atoms with Gasteiger partial charge in [-0.05, 0) is 31.2 Å². The Balaban J connectivity index is 2.64. The molecular weight excluding hydrogens is 224 g/mol. The highest BCUT2D eigenvalue weighted by molar-refractivity contribution is 5.60. The van der Waals surface area contributed by atoms with E-state index in [0.29, 0.717) is 5.69 Å². The van der Waals surface area contributed by atoms with Crippen LogP contribution in [-0.4, -0.2) is 9.97 Å². The van der Waals surface area contributed by atoms with Crippen LogP contribution in [0.3, 0.4) is 0 Å². The van der Waals surface area contributed by atoms with Gasteiger partial charge < -0.3 is 0 Å². The zero-order valence-corrected chi connectivity index (χ0v) is 8.91. The molecule has 1 aromatic heterocycles. The first kappa shape index (κ1) is 11.1. The predicted octanol–water partition coefficient (Wildman–Crippen LogP) is 2.60. The lowest BCUT2D eigenvalue weighted by Gasteiger charge is -2.04. The smallest absolute Gasteiger partial charge is 0.224 e. The van der Waals surface area contributed by atoms with Gasteiger partial charge in [0.2, 0.25) is 5.82 Å². The third-order valence-corrected chi connectivity index (χ3v) is 2.16. The van der Waals surface area contributed by atoms with Gasteiger partial charge in [-0.15, -0.1) is 0 Å². The van der Waals surface area contributed by atoms with E-state index in [1.807, 2.05) is 0 Å². The molecule has 0 unspecified atom stereocenters. The Hall–Kier alpha value is -2.35. The standard InChI is InChI=1S/C12H7F2N3/c1-7-4-11(17-12(6-15)16-7)9-5-8(13)2-3-10(9)14/h2-5H,1H3. The van der Waals surface area contributed by atoms with Crippen molar-refractivity contribution in [2.24, 2.45) is 0 Å². The van der Waals surface area contributed by atoms with Crippen molar-refractivity contribution in [3.05, 3.63) is 47.4 Å². The summed E-state index contributed by atoms with van der Waals surface area (Å²) in [4.78, 5) is 7.69. The summed E-state index contributed by atoms with van der Waals surface area (Å²) < 4.78 is 26.6. The van der Waals surface area contributed by atoms with Crippen LogP contribution >= 0.6 is 0 Å². The number of nitrogens with zero attached hydrogens (tertiary/aromatic N) is 3. The summed E-state index contributed by atoms with van der Waals surface area (Å²) in [5.41, 5.74) is 0.744. The fourth-order valence-corrected chi connectivity index (χ4v) is 1.45. The highest BCUT2D eigenvalue weighted by Gasteiger charge is 2.10. The van der Waals surface area contributed by atoms with Gasteiger partial charge in [0.15, 0.2) is 0 Å². The molecular formula is C12H7F2N3. The summed E-state index contributed by atoms with van der Waals surface area (Å²) in [5.74, 6) is -1.21. The van der Waals surface area contributed by atoms with Gasteiger partial charge in [0.05, 0.1) is 5.69 Å². The fraction of sp³-hybridized carbons (Fsp3) is 0.0833. The van der Waals surface area contributed by atoms with Gasteiger partial charge in [0, 0.05) is 11.3 Å². The molecule has 5 heteroatoms. The van der Waals surface area contributed by atoms with Crippen molar-refractivity contribution >= 4 is 0 Å². The Kier molecular flexibility index (Phi) is 2.79. The number of aromatic nitrogens is 2. The number of aryl methyl sites for hydroxylation is 1. The summed E-state index contributed by atoms with van der Waals surface area (Å²) in [7, 11) is 0. The first-order valence-corrected chi connectivity index (χ1v) is 4.81. The van der Waals surface area contributed by atoms with Gasteiger partial charge in [-0.2, -0.15) is 5.26 Å². The summed E-state index contributed by atoms with van der Waals surface area (Å²) in [6, 6.07) is 6.36. The van der Waals surface area contributed by atoms with E-state index in [4.69, 9.17) is 5.26 Å². The Morgan fingerprint density at radius 1 is 1.18 bits per heavy atom. The lowest BCUT2D eigenvalue weighted by Crippen LogP contribution is -1.97. The minimum Gasteiger partial charge on any atom is -0.224 e. The van der Waals surface area contributed by atoms with Crippen LogP contribution in [0.5, 0.6) is 0 Å². The maximum absolute atomic E-state index is 13.5. The molecule has 2 rings (SSSR count). The van der Waals surface area contributed by atoms with E-state index in [1.165, 1.54) is 6.07 Å². The predicted molar refractivity (Wildman–Crippen MR) is 56.8 cm³/mol. The highest BCUT2D eigenvalue weighted by Crippen LogP contribution is 2.22. The monoisotopic (exact) mass is 231 g/mol. The molecule has 0 amide bonds. The molecule has 0 bridgehead atoms. The van der Waals surface area contributed by atoms with Gasteiger partial charge in [-0.3, -0.25) is 0 Å². The van der Waals surface area contributed by atoms with Crippen LogP contribution in [0, 0.1) is 29.9 Å². The van der Waals surface area contributed by atoms with E-state index >= 15 is 0 Å². The first-order valence-electron chi connectivity index (χ1n) is 4.81. The molecule has 0 N–H and O–H groups in total. The third kappa shape index (κ3) is 2.26. The topological polar surface area (TPSA) is 49.6 Å². The number of hydrogen-bond acceptors (Lipinski definition) is 3. The second-order valence-electron chi connectivity index (χ2n) is 3.45. The zero-order valence-electron chi connectivity index (χ0n) is 8.91. The van der Waals surface area contributed by atoms with E-state index in [1.54, 1.807) is 13.0 Å². The molecule has 0 saturated carbocycles. The van der Waals surface area contributed by atoms with Crippen molar-refractivity contribution in [2.75, 3.05) is 0 Å². The van der Waals surface area contributed by atoms with Crippen LogP contribution in [0.4, 0.5) is 8.78 Å². The van der Waals surface area contributed by atoms with Crippen molar-refractivity contribution in [3.8, 4) is 17.3 Å². The van der Waals surface area contributed by atoms with E-state index in [-0.39, 0.29) is 17.1 Å². The van der Waals surface area contributed by atoms with Crippen LogP contribution in [0.15, 0.2) is 24.3 Å². The van der Waals surface area contributed by atoms with E-state index in [2.05, 4.69) is 9.97 Å². The second-order valence-corrected chi connectivity index (χ2v) is 3.45. The third-order valence-electron chi connectivity index (χ3n) is 2.16. The van der Waals surface area contributed by atoms with Crippen molar-refractivity contribution < 1.29 is 8.78 Å². The molecule has 1 aromatic carbocycles. The number of benzene rings is 1. The minimum atomic E-state index is -0.589. The van der Waals surface area contributed by atoms with Gasteiger partial charge in [0.1, 0.15) is 17.7 Å². The van der Waals surface area contributed by atoms with Crippen LogP contribution in [0.25, 0.3) is 11.3 Å². The van der Waals surface area contributed by atoms with Crippen LogP contribution in [0.1, 0.15) is 11.5 Å². The number of nitriles is 1. The Labute approximate surface area is 96.4 Å². The lowest BCUT2D eigenvalue weighted by atomic mass is 10.1. The van der Waals surface area contributed by atoms with Crippen molar-refractivity contribution in [1.82, 2.24) is 9.97 Å². The minimum absolute atomic E-state index is 0.0204. The molecule has 0 aliphatic heterocycles. The van der Waals surface area contributed by atoms with E-state index in [0.717, 1.165) is 18.2 Å². The molecule has 0 saturated heterocycles. The van der Waals surface area contributed by atoms with Crippen molar-refractivity contribution in [3.63, 3.8) is 0 Å². The quantitative estimate of drug-likeness (QED) is 0.757. The van der Waals surface area contributed by atoms with Crippen LogP contribution < -0.4 is 0 Å².